The summed E-state index contributed by atoms with van der Waals surface area (Å²) in [6, 6.07) is 16.1. The summed E-state index contributed by atoms with van der Waals surface area (Å²) in [6.07, 6.45) is 1.78. The molecule has 1 aliphatic carbocycles. The molecule has 0 spiro atoms. The highest BCUT2D eigenvalue weighted by Crippen LogP contribution is 2.44. The molecule has 0 bridgehead atoms. The molecule has 4 nitrogen and oxygen atoms in total. The molecule has 1 aliphatic rings. The predicted molar refractivity (Wildman–Crippen MR) is 87.0 cm³/mol. The van der Waals surface area contributed by atoms with Gasteiger partial charge in [0, 0.05) is 12.7 Å². The van der Waals surface area contributed by atoms with Gasteiger partial charge >= 0.3 is 0 Å². The van der Waals surface area contributed by atoms with Crippen LogP contribution in [0.2, 0.25) is 0 Å². The lowest BCUT2D eigenvalue weighted by molar-refractivity contribution is 0.602. The van der Waals surface area contributed by atoms with Gasteiger partial charge in [-0.2, -0.15) is 4.91 Å². The zero-order valence-corrected chi connectivity index (χ0v) is 12.9. The van der Waals surface area contributed by atoms with Gasteiger partial charge in [-0.3, -0.25) is 0 Å². The first-order valence-corrected chi connectivity index (χ1v) is 8.81. The Labute approximate surface area is 129 Å². The van der Waals surface area contributed by atoms with Crippen LogP contribution >= 0.6 is 0 Å². The van der Waals surface area contributed by atoms with Crippen LogP contribution in [-0.4, -0.2) is 20.7 Å². The summed E-state index contributed by atoms with van der Waals surface area (Å²) in [7, 11) is -3.20. The highest BCUT2D eigenvalue weighted by atomic mass is 32.2. The van der Waals surface area contributed by atoms with Gasteiger partial charge < -0.3 is 0 Å². The van der Waals surface area contributed by atoms with Crippen LogP contribution in [0.15, 0.2) is 64.7 Å². The van der Waals surface area contributed by atoms with Gasteiger partial charge in [-0.25, -0.2) is 8.42 Å². The standard InChI is InChI=1S/C17H15NO3S/c1-22(20,21)14-9-7-12(8-10-14)15-11-16(18-19)17(15)13-5-3-2-4-6-13/h2-10,16H,11H2,1H3. The van der Waals surface area contributed by atoms with Crippen LogP contribution in [0.1, 0.15) is 17.5 Å². The molecule has 0 aromatic heterocycles. The van der Waals surface area contributed by atoms with Gasteiger partial charge in [0.2, 0.25) is 0 Å². The largest absolute Gasteiger partial charge is 0.224 e. The third-order valence-corrected chi connectivity index (χ3v) is 5.03. The number of rotatable bonds is 4. The maximum Gasteiger partial charge on any atom is 0.175 e. The summed E-state index contributed by atoms with van der Waals surface area (Å²) in [5, 5.41) is 3.18. The summed E-state index contributed by atoms with van der Waals surface area (Å²) >= 11 is 0. The van der Waals surface area contributed by atoms with Gasteiger partial charge in [0.25, 0.3) is 0 Å². The SMILES string of the molecule is CS(=O)(=O)c1ccc(C2=C(c3ccccc3)C(N=O)C2)cc1. The number of nitroso groups, excluding NO2 is 1. The van der Waals surface area contributed by atoms with Crippen molar-refractivity contribution in [2.75, 3.05) is 6.26 Å². The van der Waals surface area contributed by atoms with E-state index in [9.17, 15) is 13.3 Å². The quantitative estimate of drug-likeness (QED) is 0.811. The minimum absolute atomic E-state index is 0.294. The Morgan fingerprint density at radius 3 is 2.14 bits per heavy atom. The highest BCUT2D eigenvalue weighted by Gasteiger charge is 2.32. The average Bonchev–Trinajstić information content (AvgIpc) is 2.47. The fourth-order valence-corrected chi connectivity index (χ4v) is 3.36. The van der Waals surface area contributed by atoms with Crippen molar-refractivity contribution in [3.63, 3.8) is 0 Å². The van der Waals surface area contributed by atoms with Gasteiger partial charge in [0.1, 0.15) is 6.04 Å². The van der Waals surface area contributed by atoms with Crippen LogP contribution in [0.25, 0.3) is 11.1 Å². The minimum atomic E-state index is -3.20. The molecule has 0 N–H and O–H groups in total. The van der Waals surface area contributed by atoms with Crippen molar-refractivity contribution in [3.8, 4) is 0 Å². The molecule has 22 heavy (non-hydrogen) atoms. The van der Waals surface area contributed by atoms with E-state index in [-0.39, 0.29) is 6.04 Å². The fraction of sp³-hybridized carbons (Fsp3) is 0.176. The van der Waals surface area contributed by atoms with E-state index in [1.54, 1.807) is 24.3 Å². The predicted octanol–water partition coefficient (Wildman–Crippen LogP) is 3.54. The Bertz CT molecular complexity index is 837. The Morgan fingerprint density at radius 1 is 0.955 bits per heavy atom. The zero-order valence-electron chi connectivity index (χ0n) is 12.1. The van der Waals surface area contributed by atoms with Gasteiger partial charge in [0.05, 0.1) is 4.90 Å². The van der Waals surface area contributed by atoms with E-state index in [2.05, 4.69) is 5.18 Å². The molecule has 112 valence electrons. The molecule has 1 atom stereocenters. The second kappa shape index (κ2) is 5.50. The lowest BCUT2D eigenvalue weighted by atomic mass is 9.76. The first kappa shape index (κ1) is 14.7. The van der Waals surface area contributed by atoms with Crippen molar-refractivity contribution in [3.05, 3.63) is 70.6 Å². The highest BCUT2D eigenvalue weighted by molar-refractivity contribution is 7.90. The maximum absolute atomic E-state index is 11.5. The molecule has 2 aromatic carbocycles. The van der Waals surface area contributed by atoms with Gasteiger partial charge in [-0.15, -0.1) is 0 Å². The second-order valence-corrected chi connectivity index (χ2v) is 7.40. The monoisotopic (exact) mass is 313 g/mol. The molecule has 0 aliphatic heterocycles. The molecule has 1 unspecified atom stereocenters. The molecule has 0 saturated heterocycles. The summed E-state index contributed by atoms with van der Waals surface area (Å²) in [4.78, 5) is 11.3. The fourth-order valence-electron chi connectivity index (χ4n) is 2.73. The van der Waals surface area contributed by atoms with E-state index in [1.165, 1.54) is 6.26 Å². The zero-order chi connectivity index (χ0) is 15.7. The molecule has 0 fully saturated rings. The maximum atomic E-state index is 11.5. The van der Waals surface area contributed by atoms with Crippen LogP contribution < -0.4 is 0 Å². The van der Waals surface area contributed by atoms with E-state index in [0.29, 0.717) is 11.3 Å². The van der Waals surface area contributed by atoms with Crippen molar-refractivity contribution in [1.29, 1.82) is 0 Å². The van der Waals surface area contributed by atoms with Crippen LogP contribution in [0.3, 0.4) is 0 Å². The molecule has 0 saturated carbocycles. The lowest BCUT2D eigenvalue weighted by Gasteiger charge is -2.29. The van der Waals surface area contributed by atoms with E-state index in [1.807, 2.05) is 30.3 Å². The Morgan fingerprint density at radius 2 is 1.59 bits per heavy atom. The van der Waals surface area contributed by atoms with Crippen LogP contribution in [0.5, 0.6) is 0 Å². The third kappa shape index (κ3) is 2.60. The van der Waals surface area contributed by atoms with E-state index >= 15 is 0 Å². The Balaban J connectivity index is 2.05. The number of hydrogen-bond donors (Lipinski definition) is 0. The smallest absolute Gasteiger partial charge is 0.175 e. The van der Waals surface area contributed by atoms with E-state index in [0.717, 1.165) is 22.3 Å². The summed E-state index contributed by atoms with van der Waals surface area (Å²) in [5.74, 6) is 0. The second-order valence-electron chi connectivity index (χ2n) is 5.38. The number of nitrogens with zero attached hydrogens (tertiary/aromatic N) is 1. The average molecular weight is 313 g/mol. The normalized spacial score (nSPS) is 18.0. The van der Waals surface area contributed by atoms with Crippen molar-refractivity contribution in [1.82, 2.24) is 0 Å². The van der Waals surface area contributed by atoms with Crippen molar-refractivity contribution >= 4 is 21.0 Å². The van der Waals surface area contributed by atoms with Crippen LogP contribution in [0, 0.1) is 4.91 Å². The molecule has 0 amide bonds. The third-order valence-electron chi connectivity index (χ3n) is 3.90. The number of hydrogen-bond acceptors (Lipinski definition) is 4. The van der Waals surface area contributed by atoms with Crippen LogP contribution in [0.4, 0.5) is 0 Å². The number of sulfone groups is 1. The van der Waals surface area contributed by atoms with Gasteiger partial charge in [0.15, 0.2) is 9.84 Å². The lowest BCUT2D eigenvalue weighted by Crippen LogP contribution is -2.20. The molecular weight excluding hydrogens is 298 g/mol. The van der Waals surface area contributed by atoms with Crippen molar-refractivity contribution < 1.29 is 8.42 Å². The van der Waals surface area contributed by atoms with E-state index in [4.69, 9.17) is 0 Å². The van der Waals surface area contributed by atoms with Crippen LogP contribution in [-0.2, 0) is 9.84 Å². The molecule has 0 radical (unpaired) electrons. The molecule has 2 aromatic rings. The summed E-state index contributed by atoms with van der Waals surface area (Å²) < 4.78 is 23.0. The molecule has 5 heteroatoms. The Kier molecular flexibility index (Phi) is 3.66. The van der Waals surface area contributed by atoms with Gasteiger partial charge in [-0.1, -0.05) is 47.6 Å². The first-order chi connectivity index (χ1) is 10.5. The molecule has 0 heterocycles. The molecule has 3 rings (SSSR count). The van der Waals surface area contributed by atoms with Crippen molar-refractivity contribution in [2.45, 2.75) is 17.4 Å². The topological polar surface area (TPSA) is 63.6 Å². The Hall–Kier alpha value is -2.27. The van der Waals surface area contributed by atoms with Crippen molar-refractivity contribution in [2.24, 2.45) is 5.18 Å². The summed E-state index contributed by atoms with van der Waals surface area (Å²) in [6.45, 7) is 0. The van der Waals surface area contributed by atoms with Gasteiger partial charge in [-0.05, 0) is 34.4 Å². The first-order valence-electron chi connectivity index (χ1n) is 6.92. The molecular formula is C17H15NO3S. The summed E-state index contributed by atoms with van der Waals surface area (Å²) in [5.41, 5.74) is 3.91. The number of benzene rings is 2. The van der Waals surface area contributed by atoms with E-state index < -0.39 is 9.84 Å². The minimum Gasteiger partial charge on any atom is -0.224 e.